The molecule has 0 aromatic carbocycles. The van der Waals surface area contributed by atoms with Crippen LogP contribution in [-0.2, 0) is 24.8 Å². The van der Waals surface area contributed by atoms with Crippen molar-refractivity contribution in [3.8, 4) is 0 Å². The third kappa shape index (κ3) is 3.38. The molecule has 7 heteroatoms. The van der Waals surface area contributed by atoms with E-state index in [4.69, 9.17) is 4.61 Å². The fourth-order valence-electron chi connectivity index (χ4n) is 0.938. The summed E-state index contributed by atoms with van der Waals surface area (Å²) in [5.41, 5.74) is 0. The molecule has 1 N–H and O–H groups in total. The molecule has 0 aliphatic heterocycles. The number of esters is 1. The predicted octanol–water partition coefficient (Wildman–Crippen LogP) is -0.329. The first kappa shape index (κ1) is 13.7. The van der Waals surface area contributed by atoms with Crippen LogP contribution in [0.25, 0.3) is 0 Å². The monoisotopic (exact) mass is 234 g/mol. The smallest absolute Gasteiger partial charge is 0.330 e. The van der Waals surface area contributed by atoms with Gasteiger partial charge < -0.3 is 10.1 Å². The molecule has 86 valence electrons. The van der Waals surface area contributed by atoms with Crippen LogP contribution in [0, 0.1) is 4.61 Å². The molecule has 0 aromatic rings. The fourth-order valence-corrected chi connectivity index (χ4v) is 1.30. The lowest BCUT2D eigenvalue weighted by Crippen LogP contribution is -2.54. The van der Waals surface area contributed by atoms with Crippen molar-refractivity contribution in [1.82, 2.24) is 5.32 Å². The van der Waals surface area contributed by atoms with Crippen molar-refractivity contribution in [2.75, 3.05) is 7.11 Å². The first-order chi connectivity index (χ1) is 6.73. The molecule has 6 nitrogen and oxygen atoms in total. The minimum absolute atomic E-state index is 0.469. The lowest BCUT2D eigenvalue weighted by atomic mass is 10.0. The molecule has 0 spiro atoms. The topological polar surface area (TPSA) is 96.3 Å². The Balaban J connectivity index is 5.12. The van der Waals surface area contributed by atoms with E-state index < -0.39 is 33.1 Å². The van der Waals surface area contributed by atoms with Gasteiger partial charge in [0.15, 0.2) is 10.4 Å². The Morgan fingerprint density at radius 3 is 2.20 bits per heavy atom. The summed E-state index contributed by atoms with van der Waals surface area (Å²) in [4.78, 5) is 22.2. The number of hydrogen-bond acceptors (Lipinski definition) is 5. The minimum Gasteiger partial charge on any atom is -0.467 e. The normalized spacial score (nSPS) is 12.7. The Bertz CT molecular complexity index is 384. The highest BCUT2D eigenvalue weighted by Crippen LogP contribution is 2.14. The molecule has 0 aliphatic rings. The largest absolute Gasteiger partial charge is 0.467 e. The Morgan fingerprint density at radius 2 is 1.93 bits per heavy atom. The van der Waals surface area contributed by atoms with E-state index in [2.05, 4.69) is 10.1 Å². The summed E-state index contributed by atoms with van der Waals surface area (Å²) in [6.07, 6.45) is 0. The number of hydrogen-bond donors (Lipinski definition) is 1. The third-order valence-corrected chi connectivity index (χ3v) is 3.07. The SMILES string of the molecule is COC(=O)C(NC(C)=O)C(C)(C)S(#N)=O. The van der Waals surface area contributed by atoms with E-state index in [9.17, 15) is 13.8 Å². The molecule has 0 radical (unpaired) electrons. The van der Waals surface area contributed by atoms with Gasteiger partial charge in [-0.25, -0.2) is 4.79 Å². The highest BCUT2D eigenvalue weighted by molar-refractivity contribution is 7.72. The van der Waals surface area contributed by atoms with Crippen LogP contribution in [0.5, 0.6) is 0 Å². The van der Waals surface area contributed by atoms with Crippen LogP contribution < -0.4 is 5.32 Å². The summed E-state index contributed by atoms with van der Waals surface area (Å²) in [7, 11) is -1.11. The highest BCUT2D eigenvalue weighted by Gasteiger charge is 2.40. The molecule has 0 saturated heterocycles. The van der Waals surface area contributed by atoms with Crippen molar-refractivity contribution >= 4 is 22.3 Å². The number of nitrogens with zero attached hydrogens (tertiary/aromatic N) is 1. The van der Waals surface area contributed by atoms with E-state index in [-0.39, 0.29) is 0 Å². The van der Waals surface area contributed by atoms with Crippen LogP contribution >= 0.6 is 0 Å². The van der Waals surface area contributed by atoms with Crippen LogP contribution in [0.3, 0.4) is 0 Å². The number of rotatable bonds is 3. The molecule has 15 heavy (non-hydrogen) atoms. The average molecular weight is 234 g/mol. The van der Waals surface area contributed by atoms with E-state index in [0.29, 0.717) is 0 Å². The van der Waals surface area contributed by atoms with E-state index >= 15 is 0 Å². The molecule has 0 aliphatic carbocycles. The summed E-state index contributed by atoms with van der Waals surface area (Å²) < 4.78 is 23.2. The summed E-state index contributed by atoms with van der Waals surface area (Å²) in [5, 5.41) is 2.29. The lowest BCUT2D eigenvalue weighted by molar-refractivity contribution is -0.145. The molecule has 1 unspecified atom stereocenters. The van der Waals surface area contributed by atoms with Gasteiger partial charge >= 0.3 is 5.97 Å². The predicted molar refractivity (Wildman–Crippen MR) is 53.6 cm³/mol. The molecular formula is C8H14N2O4S. The zero-order valence-electron chi connectivity index (χ0n) is 9.07. The van der Waals surface area contributed by atoms with Crippen molar-refractivity contribution in [2.45, 2.75) is 31.6 Å². The van der Waals surface area contributed by atoms with E-state index in [0.717, 1.165) is 7.11 Å². The van der Waals surface area contributed by atoms with Crippen LogP contribution in [0.4, 0.5) is 0 Å². The average Bonchev–Trinajstić information content (AvgIpc) is 2.12. The Kier molecular flexibility index (Phi) is 4.51. The molecular weight excluding hydrogens is 220 g/mol. The molecule has 0 saturated carbocycles. The summed E-state index contributed by atoms with van der Waals surface area (Å²) in [6.45, 7) is 3.99. The maximum absolute atomic E-state index is 11.3. The fraction of sp³-hybridized carbons (Fsp3) is 0.750. The van der Waals surface area contributed by atoms with E-state index in [1.54, 1.807) is 0 Å². The zero-order chi connectivity index (χ0) is 12.2. The first-order valence-corrected chi connectivity index (χ1v) is 5.30. The third-order valence-electron chi connectivity index (χ3n) is 1.93. The van der Waals surface area contributed by atoms with Crippen molar-refractivity contribution in [1.29, 1.82) is 4.61 Å². The van der Waals surface area contributed by atoms with Crippen molar-refractivity contribution in [3.05, 3.63) is 0 Å². The maximum Gasteiger partial charge on any atom is 0.330 e. The van der Waals surface area contributed by atoms with Gasteiger partial charge in [-0.1, -0.05) is 0 Å². The Hall–Kier alpha value is -1.33. The van der Waals surface area contributed by atoms with Gasteiger partial charge in [-0.2, -0.15) is 4.21 Å². The van der Waals surface area contributed by atoms with Gasteiger partial charge in [0, 0.05) is 6.92 Å². The highest BCUT2D eigenvalue weighted by atomic mass is 32.2. The number of amides is 1. The molecule has 0 heterocycles. The van der Waals surface area contributed by atoms with Crippen molar-refractivity contribution < 1.29 is 18.5 Å². The quantitative estimate of drug-likeness (QED) is 0.674. The second kappa shape index (κ2) is 4.95. The van der Waals surface area contributed by atoms with Gasteiger partial charge in [-0.3, -0.25) is 4.79 Å². The minimum atomic E-state index is -2.26. The van der Waals surface area contributed by atoms with Gasteiger partial charge in [0.05, 0.1) is 7.11 Å². The van der Waals surface area contributed by atoms with Crippen molar-refractivity contribution in [3.63, 3.8) is 0 Å². The van der Waals surface area contributed by atoms with Gasteiger partial charge in [-0.15, -0.1) is 4.61 Å². The second-order valence-electron chi connectivity index (χ2n) is 3.51. The van der Waals surface area contributed by atoms with E-state index in [1.807, 2.05) is 0 Å². The van der Waals surface area contributed by atoms with Gasteiger partial charge in [0.25, 0.3) is 0 Å². The maximum atomic E-state index is 11.3. The van der Waals surface area contributed by atoms with Gasteiger partial charge in [0.2, 0.25) is 5.91 Å². The Morgan fingerprint density at radius 1 is 1.47 bits per heavy atom. The second-order valence-corrected chi connectivity index (χ2v) is 5.06. The Labute approximate surface area is 90.0 Å². The summed E-state index contributed by atoms with van der Waals surface area (Å²) >= 11 is 0. The number of carbonyl (C=O) groups excluding carboxylic acids is 2. The molecule has 0 fully saturated rings. The standard InChI is InChI=1S/C8H14N2O4S/c1-5(11)10-6(7(12)14-4)8(2,3)15(9)13/h6H,1-4H3,(H,10,11). The van der Waals surface area contributed by atoms with Crippen LogP contribution in [-0.4, -0.2) is 34.0 Å². The molecule has 1 atom stereocenters. The molecule has 1 amide bonds. The van der Waals surface area contributed by atoms with Gasteiger partial charge in [0.1, 0.15) is 10.8 Å². The van der Waals surface area contributed by atoms with Gasteiger partial charge in [-0.05, 0) is 13.8 Å². The molecule has 0 rings (SSSR count). The lowest BCUT2D eigenvalue weighted by Gasteiger charge is -2.25. The summed E-state index contributed by atoms with van der Waals surface area (Å²) in [6, 6.07) is -1.15. The van der Waals surface area contributed by atoms with Crippen LogP contribution in [0.2, 0.25) is 0 Å². The van der Waals surface area contributed by atoms with Crippen LogP contribution in [0.1, 0.15) is 20.8 Å². The number of nitrogens with one attached hydrogen (secondary N) is 1. The number of ether oxygens (including phenoxy) is 1. The van der Waals surface area contributed by atoms with Crippen molar-refractivity contribution in [2.24, 2.45) is 0 Å². The zero-order valence-corrected chi connectivity index (χ0v) is 9.88. The molecule has 0 bridgehead atoms. The number of carbonyl (C=O) groups is 2. The molecule has 0 aromatic heterocycles. The number of methoxy groups -OCH3 is 1. The van der Waals surface area contributed by atoms with Crippen LogP contribution in [0.15, 0.2) is 0 Å². The summed E-state index contributed by atoms with van der Waals surface area (Å²) in [5.74, 6) is -1.22. The first-order valence-electron chi connectivity index (χ1n) is 4.19. The van der Waals surface area contributed by atoms with E-state index in [1.165, 1.54) is 20.8 Å².